The minimum absolute atomic E-state index is 0.0784. The van der Waals surface area contributed by atoms with Crippen LogP contribution in [-0.2, 0) is 0 Å². The lowest BCUT2D eigenvalue weighted by molar-refractivity contribution is 0.175. The van der Waals surface area contributed by atoms with Gasteiger partial charge in [-0.3, -0.25) is 0 Å². The van der Waals surface area contributed by atoms with Crippen LogP contribution in [0.4, 0.5) is 19.3 Å². The molecule has 0 aromatic heterocycles. The Labute approximate surface area is 126 Å². The molecule has 2 rings (SSSR count). The van der Waals surface area contributed by atoms with Crippen LogP contribution in [0.1, 0.15) is 17.2 Å². The lowest BCUT2D eigenvalue weighted by Crippen LogP contribution is -2.33. The Morgan fingerprint density at radius 1 is 1.14 bits per heavy atom. The highest BCUT2D eigenvalue weighted by atomic mass is 19.1. The van der Waals surface area contributed by atoms with E-state index >= 15 is 0 Å². The SMILES string of the molecule is Cc1ccc(C(O)CNC(=O)Nc2c(F)cccc2F)cc1. The first-order valence-corrected chi connectivity index (χ1v) is 6.71. The number of amides is 2. The van der Waals surface area contributed by atoms with Gasteiger partial charge in [0, 0.05) is 6.54 Å². The Balaban J connectivity index is 1.91. The molecule has 2 aromatic carbocycles. The molecular formula is C16H16F2N2O2. The number of hydrogen-bond donors (Lipinski definition) is 3. The number of halogens is 2. The summed E-state index contributed by atoms with van der Waals surface area (Å²) in [4.78, 5) is 11.6. The maximum Gasteiger partial charge on any atom is 0.319 e. The molecule has 22 heavy (non-hydrogen) atoms. The molecule has 0 bridgehead atoms. The van der Waals surface area contributed by atoms with Gasteiger partial charge in [-0.2, -0.15) is 0 Å². The topological polar surface area (TPSA) is 61.4 Å². The summed E-state index contributed by atoms with van der Waals surface area (Å²) in [7, 11) is 0. The van der Waals surface area contributed by atoms with E-state index in [1.165, 1.54) is 6.07 Å². The normalized spacial score (nSPS) is 11.8. The third kappa shape index (κ3) is 4.02. The number of hydrogen-bond acceptors (Lipinski definition) is 2. The van der Waals surface area contributed by atoms with Gasteiger partial charge in [-0.25, -0.2) is 13.6 Å². The zero-order chi connectivity index (χ0) is 16.1. The summed E-state index contributed by atoms with van der Waals surface area (Å²) in [5.41, 5.74) is 1.17. The fourth-order valence-corrected chi connectivity index (χ4v) is 1.87. The molecular weight excluding hydrogens is 290 g/mol. The molecule has 0 heterocycles. The van der Waals surface area contributed by atoms with E-state index in [9.17, 15) is 18.7 Å². The molecule has 2 aromatic rings. The number of rotatable bonds is 4. The van der Waals surface area contributed by atoms with E-state index in [0.717, 1.165) is 17.7 Å². The average molecular weight is 306 g/mol. The Bertz CT molecular complexity index is 639. The highest BCUT2D eigenvalue weighted by Crippen LogP contribution is 2.18. The average Bonchev–Trinajstić information content (AvgIpc) is 2.49. The van der Waals surface area contributed by atoms with Crippen LogP contribution in [0.2, 0.25) is 0 Å². The van der Waals surface area contributed by atoms with Gasteiger partial charge in [0.05, 0.1) is 6.10 Å². The maximum atomic E-state index is 13.4. The summed E-state index contributed by atoms with van der Waals surface area (Å²) in [6.07, 6.45) is -0.906. The molecule has 3 N–H and O–H groups in total. The molecule has 4 nitrogen and oxygen atoms in total. The van der Waals surface area contributed by atoms with Crippen LogP contribution in [0.15, 0.2) is 42.5 Å². The molecule has 0 aliphatic carbocycles. The number of aryl methyl sites for hydroxylation is 1. The van der Waals surface area contributed by atoms with Crippen molar-refractivity contribution in [1.82, 2.24) is 5.32 Å². The predicted molar refractivity (Wildman–Crippen MR) is 79.5 cm³/mol. The Kier molecular flexibility index (Phi) is 5.06. The summed E-state index contributed by atoms with van der Waals surface area (Å²) < 4.78 is 26.8. The molecule has 0 saturated carbocycles. The van der Waals surface area contributed by atoms with Gasteiger partial charge in [0.2, 0.25) is 0 Å². The number of urea groups is 1. The molecule has 1 unspecified atom stereocenters. The summed E-state index contributed by atoms with van der Waals surface area (Å²) in [5, 5.41) is 14.4. The number of aliphatic hydroxyl groups excluding tert-OH is 1. The standard InChI is InChI=1S/C16H16F2N2O2/c1-10-5-7-11(8-6-10)14(21)9-19-16(22)20-15-12(17)3-2-4-13(15)18/h2-8,14,21H,9H2,1H3,(H2,19,20,22). The Hall–Kier alpha value is -2.47. The first-order valence-electron chi connectivity index (χ1n) is 6.71. The van der Waals surface area contributed by atoms with Crippen LogP contribution in [0.5, 0.6) is 0 Å². The van der Waals surface area contributed by atoms with E-state index in [1.54, 1.807) is 12.1 Å². The van der Waals surface area contributed by atoms with Crippen molar-refractivity contribution in [2.24, 2.45) is 0 Å². The number of para-hydroxylation sites is 1. The van der Waals surface area contributed by atoms with Crippen LogP contribution < -0.4 is 10.6 Å². The van der Waals surface area contributed by atoms with Gasteiger partial charge in [-0.15, -0.1) is 0 Å². The van der Waals surface area contributed by atoms with Crippen LogP contribution >= 0.6 is 0 Å². The van der Waals surface area contributed by atoms with Crippen molar-refractivity contribution in [3.8, 4) is 0 Å². The van der Waals surface area contributed by atoms with Gasteiger partial charge in [0.25, 0.3) is 0 Å². The summed E-state index contributed by atoms with van der Waals surface area (Å²) >= 11 is 0. The molecule has 0 saturated heterocycles. The molecule has 6 heteroatoms. The molecule has 0 aliphatic rings. The van der Waals surface area contributed by atoms with Crippen molar-refractivity contribution >= 4 is 11.7 Å². The van der Waals surface area contributed by atoms with Crippen molar-refractivity contribution in [2.45, 2.75) is 13.0 Å². The van der Waals surface area contributed by atoms with E-state index in [0.29, 0.717) is 5.56 Å². The van der Waals surface area contributed by atoms with E-state index < -0.39 is 29.5 Å². The van der Waals surface area contributed by atoms with Crippen LogP contribution in [0, 0.1) is 18.6 Å². The van der Waals surface area contributed by atoms with Crippen LogP contribution in [0.3, 0.4) is 0 Å². The van der Waals surface area contributed by atoms with Crippen molar-refractivity contribution in [2.75, 3.05) is 11.9 Å². The molecule has 1 atom stereocenters. The van der Waals surface area contributed by atoms with Gasteiger partial charge in [-0.1, -0.05) is 35.9 Å². The Morgan fingerprint density at radius 2 is 1.73 bits per heavy atom. The first-order chi connectivity index (χ1) is 10.5. The van der Waals surface area contributed by atoms with Gasteiger partial charge in [0.15, 0.2) is 0 Å². The number of carbonyl (C=O) groups excluding carboxylic acids is 1. The molecule has 2 amide bonds. The third-order valence-electron chi connectivity index (χ3n) is 3.12. The molecule has 0 aliphatic heterocycles. The number of aliphatic hydroxyl groups is 1. The molecule has 0 radical (unpaired) electrons. The van der Waals surface area contributed by atoms with Crippen molar-refractivity contribution in [3.05, 3.63) is 65.2 Å². The van der Waals surface area contributed by atoms with Crippen molar-refractivity contribution in [3.63, 3.8) is 0 Å². The minimum atomic E-state index is -0.906. The quantitative estimate of drug-likeness (QED) is 0.812. The van der Waals surface area contributed by atoms with E-state index in [1.807, 2.05) is 19.1 Å². The maximum absolute atomic E-state index is 13.4. The van der Waals surface area contributed by atoms with Gasteiger partial charge < -0.3 is 15.7 Å². The van der Waals surface area contributed by atoms with Crippen molar-refractivity contribution in [1.29, 1.82) is 0 Å². The van der Waals surface area contributed by atoms with Crippen LogP contribution in [0.25, 0.3) is 0 Å². The summed E-state index contributed by atoms with van der Waals surface area (Å²) in [5.74, 6) is -1.73. The zero-order valence-electron chi connectivity index (χ0n) is 11.9. The van der Waals surface area contributed by atoms with E-state index in [-0.39, 0.29) is 6.54 Å². The van der Waals surface area contributed by atoms with Gasteiger partial charge >= 0.3 is 6.03 Å². The smallest absolute Gasteiger partial charge is 0.319 e. The zero-order valence-corrected chi connectivity index (χ0v) is 11.9. The van der Waals surface area contributed by atoms with Gasteiger partial charge in [-0.05, 0) is 24.6 Å². The number of benzene rings is 2. The van der Waals surface area contributed by atoms with Gasteiger partial charge in [0.1, 0.15) is 17.3 Å². The molecule has 116 valence electrons. The molecule has 0 spiro atoms. The highest BCUT2D eigenvalue weighted by molar-refractivity contribution is 5.89. The minimum Gasteiger partial charge on any atom is -0.387 e. The van der Waals surface area contributed by atoms with E-state index in [2.05, 4.69) is 10.6 Å². The van der Waals surface area contributed by atoms with Crippen molar-refractivity contribution < 1.29 is 18.7 Å². The predicted octanol–water partition coefficient (Wildman–Crippen LogP) is 3.13. The lowest BCUT2D eigenvalue weighted by Gasteiger charge is -2.13. The monoisotopic (exact) mass is 306 g/mol. The largest absolute Gasteiger partial charge is 0.387 e. The second kappa shape index (κ2) is 7.00. The first kappa shape index (κ1) is 15.9. The number of carbonyl (C=O) groups is 1. The number of nitrogens with one attached hydrogen (secondary N) is 2. The number of anilines is 1. The fourth-order valence-electron chi connectivity index (χ4n) is 1.87. The van der Waals surface area contributed by atoms with Crippen LogP contribution in [-0.4, -0.2) is 17.7 Å². The third-order valence-corrected chi connectivity index (χ3v) is 3.12. The second-order valence-electron chi connectivity index (χ2n) is 4.86. The molecule has 0 fully saturated rings. The van der Waals surface area contributed by atoms with E-state index in [4.69, 9.17) is 0 Å². The Morgan fingerprint density at radius 3 is 2.32 bits per heavy atom. The summed E-state index contributed by atoms with van der Waals surface area (Å²) in [6.45, 7) is 1.84. The second-order valence-corrected chi connectivity index (χ2v) is 4.86. The summed E-state index contributed by atoms with van der Waals surface area (Å²) in [6, 6.07) is 9.66. The fraction of sp³-hybridized carbons (Fsp3) is 0.188. The lowest BCUT2D eigenvalue weighted by atomic mass is 10.1. The highest BCUT2D eigenvalue weighted by Gasteiger charge is 2.13.